The molecule has 0 heterocycles. The second-order valence-electron chi connectivity index (χ2n) is 7.12. The molecule has 0 amide bonds. The molecule has 0 saturated carbocycles. The summed E-state index contributed by atoms with van der Waals surface area (Å²) in [6.45, 7) is -1.45. The van der Waals surface area contributed by atoms with Crippen molar-refractivity contribution in [3.05, 3.63) is 0 Å². The van der Waals surface area contributed by atoms with Crippen LogP contribution in [0, 0.1) is 0 Å². The van der Waals surface area contributed by atoms with Gasteiger partial charge in [0.2, 0.25) is 0 Å². The van der Waals surface area contributed by atoms with Gasteiger partial charge in [-0.25, -0.2) is 4.74 Å². The van der Waals surface area contributed by atoms with Crippen molar-refractivity contribution in [2.24, 2.45) is 0 Å². The fourth-order valence-corrected chi connectivity index (χ4v) is 1.90. The number of alkyl halides is 25. The van der Waals surface area contributed by atoms with Gasteiger partial charge in [-0.3, -0.25) is 0 Å². The standard InChI is InChI=1S/C13H3F25O/c1-2(14,15)3(16,17)4(18,19)6(22,23)9(28,29)12(35,36)39-13(37,38)10(30,31)7(24,25)5(20,21)8(26,27)11(32,33)34/h1H3. The first-order valence-corrected chi connectivity index (χ1v) is 8.13. The van der Waals surface area contributed by atoms with Gasteiger partial charge in [-0.05, 0) is 0 Å². The Bertz CT molecular complexity index is 815. The molecule has 0 spiro atoms. The van der Waals surface area contributed by atoms with Crippen molar-refractivity contribution in [3.63, 3.8) is 0 Å². The van der Waals surface area contributed by atoms with Crippen molar-refractivity contribution >= 4 is 0 Å². The highest BCUT2D eigenvalue weighted by molar-refractivity contribution is 5.11. The minimum Gasteiger partial charge on any atom is -0.245 e. The van der Waals surface area contributed by atoms with Crippen LogP contribution in [-0.4, -0.2) is 71.7 Å². The molecule has 26 heteroatoms. The van der Waals surface area contributed by atoms with Crippen LogP contribution in [0.4, 0.5) is 110 Å². The minimum absolute atomic E-state index is 0.763. The van der Waals surface area contributed by atoms with Crippen LogP contribution >= 0.6 is 0 Å². The summed E-state index contributed by atoms with van der Waals surface area (Å²) in [7, 11) is 0. The van der Waals surface area contributed by atoms with Crippen LogP contribution in [0.25, 0.3) is 0 Å². The highest BCUT2D eigenvalue weighted by Crippen LogP contribution is 2.64. The monoisotopic (exact) mass is 650 g/mol. The highest BCUT2D eigenvalue weighted by Gasteiger charge is 2.94. The third-order valence-electron chi connectivity index (χ3n) is 4.26. The Hall–Kier alpha value is -1.79. The topological polar surface area (TPSA) is 9.23 Å². The predicted molar refractivity (Wildman–Crippen MR) is 67.2 cm³/mol. The summed E-state index contributed by atoms with van der Waals surface area (Å²) in [6.07, 6.45) is -25.6. The molecule has 0 radical (unpaired) electrons. The zero-order valence-electron chi connectivity index (χ0n) is 16.9. The Balaban J connectivity index is 6.90. The van der Waals surface area contributed by atoms with E-state index in [9.17, 15) is 110 Å². The van der Waals surface area contributed by atoms with E-state index in [0.717, 1.165) is 4.74 Å². The van der Waals surface area contributed by atoms with Crippen LogP contribution < -0.4 is 0 Å². The second kappa shape index (κ2) is 8.85. The van der Waals surface area contributed by atoms with Gasteiger partial charge in [0.25, 0.3) is 0 Å². The van der Waals surface area contributed by atoms with Crippen LogP contribution in [-0.2, 0) is 4.74 Å². The van der Waals surface area contributed by atoms with Crippen molar-refractivity contribution in [1.29, 1.82) is 0 Å². The van der Waals surface area contributed by atoms with Gasteiger partial charge < -0.3 is 0 Å². The van der Waals surface area contributed by atoms with E-state index in [1.54, 1.807) is 0 Å². The van der Waals surface area contributed by atoms with Crippen LogP contribution in [0.5, 0.6) is 0 Å². The first-order chi connectivity index (χ1) is 16.2. The number of ether oxygens (including phenoxy) is 1. The van der Waals surface area contributed by atoms with E-state index < -0.39 is 78.6 Å². The summed E-state index contributed by atoms with van der Waals surface area (Å²) in [5.74, 6) is -76.2. The second-order valence-corrected chi connectivity index (χ2v) is 7.12. The molecule has 0 aromatic heterocycles. The summed E-state index contributed by atoms with van der Waals surface area (Å²) in [5, 5.41) is 0. The summed E-state index contributed by atoms with van der Waals surface area (Å²) >= 11 is 0. The summed E-state index contributed by atoms with van der Waals surface area (Å²) in [4.78, 5) is 0. The molecule has 0 rings (SSSR count). The first kappa shape index (κ1) is 37.2. The van der Waals surface area contributed by atoms with E-state index in [-0.39, 0.29) is 0 Å². The van der Waals surface area contributed by atoms with E-state index in [4.69, 9.17) is 0 Å². The lowest BCUT2D eigenvalue weighted by atomic mass is 9.94. The quantitative estimate of drug-likeness (QED) is 0.204. The van der Waals surface area contributed by atoms with Crippen molar-refractivity contribution in [2.75, 3.05) is 0 Å². The predicted octanol–water partition coefficient (Wildman–Crippen LogP) is 8.49. The molecule has 0 atom stereocenters. The maximum Gasteiger partial charge on any atom is 0.460 e. The smallest absolute Gasteiger partial charge is 0.245 e. The van der Waals surface area contributed by atoms with E-state index in [1.807, 2.05) is 0 Å². The van der Waals surface area contributed by atoms with Gasteiger partial charge in [0.15, 0.2) is 0 Å². The number of hydrogen-bond donors (Lipinski definition) is 0. The van der Waals surface area contributed by atoms with E-state index in [1.165, 1.54) is 0 Å². The maximum absolute atomic E-state index is 13.3. The van der Waals surface area contributed by atoms with Crippen LogP contribution in [0.1, 0.15) is 6.92 Å². The molecule has 236 valence electrons. The molecule has 0 aliphatic carbocycles. The van der Waals surface area contributed by atoms with E-state index >= 15 is 0 Å². The number of hydrogen-bond acceptors (Lipinski definition) is 1. The van der Waals surface area contributed by atoms with E-state index in [2.05, 4.69) is 0 Å². The zero-order chi connectivity index (χ0) is 32.7. The summed E-state index contributed by atoms with van der Waals surface area (Å²) in [6, 6.07) is 0. The molecular formula is C13H3F25O. The van der Waals surface area contributed by atoms with Crippen molar-refractivity contribution in [2.45, 2.75) is 78.6 Å². The van der Waals surface area contributed by atoms with Gasteiger partial charge in [0.1, 0.15) is 0 Å². The summed E-state index contributed by atoms with van der Waals surface area (Å²) < 4.78 is 324. The lowest BCUT2D eigenvalue weighted by Crippen LogP contribution is -2.73. The van der Waals surface area contributed by atoms with E-state index in [0.29, 0.717) is 0 Å². The van der Waals surface area contributed by atoms with Gasteiger partial charge in [-0.2, -0.15) is 110 Å². The lowest BCUT2D eigenvalue weighted by molar-refractivity contribution is -0.527. The molecule has 0 saturated heterocycles. The summed E-state index contributed by atoms with van der Waals surface area (Å²) in [5.41, 5.74) is 0. The largest absolute Gasteiger partial charge is 0.460 e. The molecular weight excluding hydrogens is 647 g/mol. The normalized spacial score (nSPS) is 17.1. The molecule has 0 aliphatic heterocycles. The molecule has 39 heavy (non-hydrogen) atoms. The SMILES string of the molecule is CC(F)(F)C(F)(F)C(F)(F)C(F)(F)C(F)(F)C(F)(F)OC(F)(F)C(F)(F)C(F)(F)C(F)(F)C(F)(F)C(F)(F)F. The average molecular weight is 650 g/mol. The third kappa shape index (κ3) is 4.77. The van der Waals surface area contributed by atoms with Gasteiger partial charge in [-0.1, -0.05) is 0 Å². The zero-order valence-corrected chi connectivity index (χ0v) is 16.9. The molecule has 0 bridgehead atoms. The van der Waals surface area contributed by atoms with Gasteiger partial charge >= 0.3 is 71.7 Å². The Morgan fingerprint density at radius 1 is 0.282 bits per heavy atom. The third-order valence-corrected chi connectivity index (χ3v) is 4.26. The fraction of sp³-hybridized carbons (Fsp3) is 1.00. The van der Waals surface area contributed by atoms with Gasteiger partial charge in [0.05, 0.1) is 0 Å². The maximum atomic E-state index is 13.3. The minimum atomic E-state index is -9.04. The Morgan fingerprint density at radius 2 is 0.487 bits per heavy atom. The van der Waals surface area contributed by atoms with Gasteiger partial charge in [-0.15, -0.1) is 0 Å². The Morgan fingerprint density at radius 3 is 0.692 bits per heavy atom. The molecule has 0 aromatic carbocycles. The molecule has 0 aliphatic rings. The first-order valence-electron chi connectivity index (χ1n) is 8.13. The van der Waals surface area contributed by atoms with Crippen molar-refractivity contribution in [1.82, 2.24) is 0 Å². The van der Waals surface area contributed by atoms with Crippen LogP contribution in [0.3, 0.4) is 0 Å². The fourth-order valence-electron chi connectivity index (χ4n) is 1.90. The van der Waals surface area contributed by atoms with Crippen LogP contribution in [0.15, 0.2) is 0 Å². The molecule has 0 unspecified atom stereocenters. The number of rotatable bonds is 11. The molecule has 0 fully saturated rings. The highest BCUT2D eigenvalue weighted by atomic mass is 19.4. The lowest BCUT2D eigenvalue weighted by Gasteiger charge is -2.42. The molecule has 0 aromatic rings. The van der Waals surface area contributed by atoms with Crippen molar-refractivity contribution in [3.8, 4) is 0 Å². The van der Waals surface area contributed by atoms with Crippen LogP contribution in [0.2, 0.25) is 0 Å². The Labute approximate surface area is 194 Å². The average Bonchev–Trinajstić information content (AvgIpc) is 2.63. The number of halogens is 25. The Kier molecular flexibility index (Phi) is 8.45. The van der Waals surface area contributed by atoms with Gasteiger partial charge in [0, 0.05) is 6.92 Å². The van der Waals surface area contributed by atoms with Crippen molar-refractivity contribution < 1.29 is 114 Å². The molecule has 0 N–H and O–H groups in total. The molecule has 1 nitrogen and oxygen atoms in total.